The predicted octanol–water partition coefficient (Wildman–Crippen LogP) is 3.75. The fraction of sp³-hybridized carbons (Fsp3) is 0.273. The van der Waals surface area contributed by atoms with E-state index >= 15 is 0 Å². The summed E-state index contributed by atoms with van der Waals surface area (Å²) in [5.74, 6) is -0.849. The molecule has 9 heteroatoms. The van der Waals surface area contributed by atoms with Crippen LogP contribution >= 0.6 is 0 Å². The smallest absolute Gasteiger partial charge is 0.259 e. The molecular formula is C22H23FN4O3S. The quantitative estimate of drug-likeness (QED) is 0.652. The van der Waals surface area contributed by atoms with E-state index in [0.29, 0.717) is 30.0 Å². The third-order valence-electron chi connectivity index (χ3n) is 5.40. The lowest BCUT2D eigenvalue weighted by atomic mass is 10.2. The first-order valence-corrected chi connectivity index (χ1v) is 11.5. The molecule has 1 fully saturated rings. The van der Waals surface area contributed by atoms with E-state index < -0.39 is 21.7 Å². The second kappa shape index (κ2) is 8.60. The number of benzene rings is 2. The van der Waals surface area contributed by atoms with Crippen LogP contribution in [-0.2, 0) is 10.0 Å². The van der Waals surface area contributed by atoms with Crippen LogP contribution in [-0.4, -0.2) is 41.5 Å². The molecule has 1 aromatic heterocycles. The number of piperidine rings is 1. The zero-order valence-corrected chi connectivity index (χ0v) is 17.9. The summed E-state index contributed by atoms with van der Waals surface area (Å²) in [6, 6.07) is 12.3. The molecule has 1 saturated heterocycles. The van der Waals surface area contributed by atoms with Gasteiger partial charge in [0, 0.05) is 18.8 Å². The van der Waals surface area contributed by atoms with Crippen molar-refractivity contribution in [3.8, 4) is 5.69 Å². The van der Waals surface area contributed by atoms with E-state index in [1.807, 2.05) is 0 Å². The maximum atomic E-state index is 14.1. The zero-order chi connectivity index (χ0) is 22.0. The Bertz CT molecular complexity index is 1200. The van der Waals surface area contributed by atoms with Crippen molar-refractivity contribution >= 4 is 21.6 Å². The Morgan fingerprint density at radius 3 is 2.39 bits per heavy atom. The molecule has 7 nitrogen and oxygen atoms in total. The highest BCUT2D eigenvalue weighted by Crippen LogP contribution is 2.23. The zero-order valence-electron chi connectivity index (χ0n) is 17.1. The molecule has 0 unspecified atom stereocenters. The average Bonchev–Trinajstić information content (AvgIpc) is 3.16. The van der Waals surface area contributed by atoms with E-state index in [4.69, 9.17) is 0 Å². The highest BCUT2D eigenvalue weighted by Gasteiger charge is 2.26. The third kappa shape index (κ3) is 4.24. The molecule has 31 heavy (non-hydrogen) atoms. The number of aromatic nitrogens is 2. The molecular weight excluding hydrogens is 419 g/mol. The van der Waals surface area contributed by atoms with Crippen molar-refractivity contribution in [1.29, 1.82) is 0 Å². The molecule has 1 aliphatic heterocycles. The van der Waals surface area contributed by atoms with Gasteiger partial charge in [0.1, 0.15) is 11.5 Å². The number of nitrogens with one attached hydrogen (secondary N) is 1. The van der Waals surface area contributed by atoms with Crippen molar-refractivity contribution in [3.05, 3.63) is 71.8 Å². The van der Waals surface area contributed by atoms with Crippen LogP contribution in [0.5, 0.6) is 0 Å². The number of carbonyl (C=O) groups excluding carboxylic acids is 1. The van der Waals surface area contributed by atoms with Crippen molar-refractivity contribution in [1.82, 2.24) is 14.1 Å². The van der Waals surface area contributed by atoms with Gasteiger partial charge in [-0.15, -0.1) is 0 Å². The van der Waals surface area contributed by atoms with E-state index in [1.54, 1.807) is 37.3 Å². The number of rotatable bonds is 5. The molecule has 3 aromatic rings. The number of carbonyl (C=O) groups is 1. The Kier molecular flexibility index (Phi) is 5.88. The lowest BCUT2D eigenvalue weighted by molar-refractivity contribution is 0.102. The molecule has 2 heterocycles. The first-order chi connectivity index (χ1) is 14.9. The van der Waals surface area contributed by atoms with Gasteiger partial charge in [0.15, 0.2) is 0 Å². The molecule has 0 radical (unpaired) electrons. The number of halogens is 1. The maximum absolute atomic E-state index is 14.1. The molecule has 4 rings (SSSR count). The minimum absolute atomic E-state index is 0.205. The normalized spacial score (nSPS) is 15.0. The Morgan fingerprint density at radius 2 is 1.71 bits per heavy atom. The van der Waals surface area contributed by atoms with Gasteiger partial charge in [0.2, 0.25) is 10.0 Å². The second-order valence-corrected chi connectivity index (χ2v) is 9.39. The number of para-hydroxylation sites is 1. The summed E-state index contributed by atoms with van der Waals surface area (Å²) in [6.07, 6.45) is 4.16. The standard InChI is InChI=1S/C22H23FN4O3S/c1-16-19(15-24-27(16)21-8-4-3-7-20(21)23)22(28)25-17-9-11-18(12-10-17)31(29,30)26-13-5-2-6-14-26/h3-4,7-12,15H,2,5-6,13-14H2,1H3,(H,25,28). The molecule has 2 aromatic carbocycles. The molecule has 0 bridgehead atoms. The summed E-state index contributed by atoms with van der Waals surface area (Å²) in [5, 5.41) is 6.88. The minimum atomic E-state index is -3.53. The summed E-state index contributed by atoms with van der Waals surface area (Å²) in [4.78, 5) is 12.9. The molecule has 0 atom stereocenters. The summed E-state index contributed by atoms with van der Waals surface area (Å²) < 4.78 is 42.4. The number of hydrogen-bond donors (Lipinski definition) is 1. The van der Waals surface area contributed by atoms with Crippen LogP contribution in [0.1, 0.15) is 35.3 Å². The summed E-state index contributed by atoms with van der Waals surface area (Å²) in [5.41, 5.74) is 1.51. The minimum Gasteiger partial charge on any atom is -0.322 e. The largest absolute Gasteiger partial charge is 0.322 e. The number of sulfonamides is 1. The summed E-state index contributed by atoms with van der Waals surface area (Å²) in [6.45, 7) is 2.75. The van der Waals surface area contributed by atoms with Crippen LogP contribution in [0, 0.1) is 12.7 Å². The highest BCUT2D eigenvalue weighted by molar-refractivity contribution is 7.89. The highest BCUT2D eigenvalue weighted by atomic mass is 32.2. The summed E-state index contributed by atoms with van der Waals surface area (Å²) >= 11 is 0. The van der Waals surface area contributed by atoms with Gasteiger partial charge >= 0.3 is 0 Å². The van der Waals surface area contributed by atoms with Gasteiger partial charge in [0.25, 0.3) is 5.91 Å². The van der Waals surface area contributed by atoms with Crippen molar-refractivity contribution < 1.29 is 17.6 Å². The number of hydrogen-bond acceptors (Lipinski definition) is 4. The van der Waals surface area contributed by atoms with Crippen molar-refractivity contribution in [2.45, 2.75) is 31.1 Å². The van der Waals surface area contributed by atoms with E-state index in [0.717, 1.165) is 19.3 Å². The predicted molar refractivity (Wildman–Crippen MR) is 115 cm³/mol. The van der Waals surface area contributed by atoms with Crippen LogP contribution in [0.4, 0.5) is 10.1 Å². The van der Waals surface area contributed by atoms with Gasteiger partial charge in [-0.1, -0.05) is 18.6 Å². The fourth-order valence-corrected chi connectivity index (χ4v) is 5.18. The fourth-order valence-electron chi connectivity index (χ4n) is 3.66. The van der Waals surface area contributed by atoms with E-state index in [-0.39, 0.29) is 10.6 Å². The Balaban J connectivity index is 1.50. The summed E-state index contributed by atoms with van der Waals surface area (Å²) in [7, 11) is -3.53. The molecule has 162 valence electrons. The van der Waals surface area contributed by atoms with Gasteiger partial charge in [-0.05, 0) is 56.2 Å². The van der Waals surface area contributed by atoms with Crippen LogP contribution in [0.3, 0.4) is 0 Å². The molecule has 0 aliphatic carbocycles. The Labute approximate surface area is 180 Å². The van der Waals surface area contributed by atoms with E-state index in [2.05, 4.69) is 10.4 Å². The van der Waals surface area contributed by atoms with E-state index in [1.165, 1.54) is 33.4 Å². The van der Waals surface area contributed by atoms with Crippen LogP contribution in [0.15, 0.2) is 59.6 Å². The monoisotopic (exact) mass is 442 g/mol. The van der Waals surface area contributed by atoms with Gasteiger partial charge in [-0.3, -0.25) is 4.79 Å². The van der Waals surface area contributed by atoms with Gasteiger partial charge in [-0.2, -0.15) is 9.40 Å². The van der Waals surface area contributed by atoms with Crippen LogP contribution in [0.25, 0.3) is 5.69 Å². The first-order valence-electron chi connectivity index (χ1n) is 10.1. The number of nitrogens with zero attached hydrogens (tertiary/aromatic N) is 3. The molecule has 1 amide bonds. The maximum Gasteiger partial charge on any atom is 0.259 e. The lowest BCUT2D eigenvalue weighted by Gasteiger charge is -2.25. The van der Waals surface area contributed by atoms with E-state index in [9.17, 15) is 17.6 Å². The lowest BCUT2D eigenvalue weighted by Crippen LogP contribution is -2.35. The average molecular weight is 443 g/mol. The van der Waals surface area contributed by atoms with Gasteiger partial charge in [0.05, 0.1) is 22.3 Å². The SMILES string of the molecule is Cc1c(C(=O)Nc2ccc(S(=O)(=O)N3CCCCC3)cc2)cnn1-c1ccccc1F. The van der Waals surface area contributed by atoms with Crippen molar-refractivity contribution in [2.75, 3.05) is 18.4 Å². The van der Waals surface area contributed by atoms with Crippen molar-refractivity contribution in [3.63, 3.8) is 0 Å². The number of amides is 1. The van der Waals surface area contributed by atoms with Crippen LogP contribution < -0.4 is 5.32 Å². The second-order valence-electron chi connectivity index (χ2n) is 7.45. The van der Waals surface area contributed by atoms with Gasteiger partial charge < -0.3 is 5.32 Å². The molecule has 0 saturated carbocycles. The Hall–Kier alpha value is -3.04. The molecule has 1 N–H and O–H groups in total. The Morgan fingerprint density at radius 1 is 1.03 bits per heavy atom. The van der Waals surface area contributed by atoms with Gasteiger partial charge in [-0.25, -0.2) is 17.5 Å². The molecule has 0 spiro atoms. The first kappa shape index (κ1) is 21.2. The van der Waals surface area contributed by atoms with Crippen LogP contribution in [0.2, 0.25) is 0 Å². The topological polar surface area (TPSA) is 84.3 Å². The third-order valence-corrected chi connectivity index (χ3v) is 7.31. The number of anilines is 1. The van der Waals surface area contributed by atoms with Crippen molar-refractivity contribution in [2.24, 2.45) is 0 Å². The molecule has 1 aliphatic rings.